The van der Waals surface area contributed by atoms with Crippen LogP contribution in [0.5, 0.6) is 0 Å². The van der Waals surface area contributed by atoms with E-state index in [1.807, 2.05) is 20.8 Å². The summed E-state index contributed by atoms with van der Waals surface area (Å²) in [6.45, 7) is 17.5. The van der Waals surface area contributed by atoms with Crippen LogP contribution in [-0.2, 0) is 13.6 Å². The number of hydrogen-bond donors (Lipinski definition) is 0. The molecule has 0 saturated heterocycles. The van der Waals surface area contributed by atoms with Crippen LogP contribution in [0.15, 0.2) is 0 Å². The van der Waals surface area contributed by atoms with Crippen LogP contribution in [0, 0.1) is 0 Å². The fourth-order valence-corrected chi connectivity index (χ4v) is 3.93. The van der Waals surface area contributed by atoms with Gasteiger partial charge in [0, 0.05) is 0 Å². The molecule has 0 aliphatic rings. The van der Waals surface area contributed by atoms with Crippen molar-refractivity contribution >= 4 is 7.60 Å². The molecule has 0 aliphatic heterocycles. The standard InChI is InChI=1S/C14H33NO3P/c1-7-14(6)19(16,17-11-5)18-13-12-15(8-2,9-3)10-4/h14H,7-13H2,1-6H3/q+1. The predicted molar refractivity (Wildman–Crippen MR) is 81.7 cm³/mol. The minimum Gasteiger partial charge on any atom is -0.322 e. The van der Waals surface area contributed by atoms with Crippen molar-refractivity contribution in [2.45, 2.75) is 53.6 Å². The van der Waals surface area contributed by atoms with Gasteiger partial charge in [0.1, 0.15) is 13.2 Å². The summed E-state index contributed by atoms with van der Waals surface area (Å²) in [5.41, 5.74) is -0.0285. The molecule has 0 fully saturated rings. The van der Waals surface area contributed by atoms with Gasteiger partial charge in [0.15, 0.2) is 0 Å². The van der Waals surface area contributed by atoms with Crippen molar-refractivity contribution in [2.75, 3.05) is 39.4 Å². The molecule has 0 heterocycles. The molecular weight excluding hydrogens is 261 g/mol. The Bertz CT molecular complexity index is 272. The van der Waals surface area contributed by atoms with E-state index >= 15 is 0 Å². The molecule has 116 valence electrons. The molecule has 0 bridgehead atoms. The molecule has 0 aromatic rings. The maximum Gasteiger partial charge on any atom is 0.333 e. The number of nitrogens with zero attached hydrogens (tertiary/aromatic N) is 1. The number of hydrogen-bond acceptors (Lipinski definition) is 3. The van der Waals surface area contributed by atoms with E-state index in [0.717, 1.165) is 37.1 Å². The van der Waals surface area contributed by atoms with Gasteiger partial charge in [0.25, 0.3) is 0 Å². The zero-order chi connectivity index (χ0) is 14.9. The lowest BCUT2D eigenvalue weighted by Crippen LogP contribution is -2.49. The summed E-state index contributed by atoms with van der Waals surface area (Å²) in [6.07, 6.45) is 0.812. The minimum absolute atomic E-state index is 0.0285. The Hall–Kier alpha value is 0.110. The smallest absolute Gasteiger partial charge is 0.322 e. The van der Waals surface area contributed by atoms with Gasteiger partial charge in [0.2, 0.25) is 0 Å². The Labute approximate surface area is 119 Å². The highest BCUT2D eigenvalue weighted by atomic mass is 31.2. The zero-order valence-electron chi connectivity index (χ0n) is 13.6. The van der Waals surface area contributed by atoms with Crippen LogP contribution in [0.1, 0.15) is 48.0 Å². The van der Waals surface area contributed by atoms with E-state index in [2.05, 4.69) is 20.8 Å². The molecule has 0 aliphatic carbocycles. The number of rotatable bonds is 11. The molecule has 0 spiro atoms. The summed E-state index contributed by atoms with van der Waals surface area (Å²) in [5, 5.41) is 0. The second-order valence-electron chi connectivity index (χ2n) is 5.06. The van der Waals surface area contributed by atoms with Gasteiger partial charge in [-0.25, -0.2) is 0 Å². The molecule has 0 aromatic heterocycles. The van der Waals surface area contributed by atoms with Gasteiger partial charge in [0.05, 0.1) is 31.9 Å². The molecule has 19 heavy (non-hydrogen) atoms. The van der Waals surface area contributed by atoms with Gasteiger partial charge in [-0.2, -0.15) is 0 Å². The Morgan fingerprint density at radius 1 is 1.00 bits per heavy atom. The fraction of sp³-hybridized carbons (Fsp3) is 1.00. The quantitative estimate of drug-likeness (QED) is 0.428. The highest BCUT2D eigenvalue weighted by Crippen LogP contribution is 2.53. The Morgan fingerprint density at radius 2 is 1.53 bits per heavy atom. The third kappa shape index (κ3) is 5.55. The van der Waals surface area contributed by atoms with Crippen LogP contribution < -0.4 is 0 Å². The van der Waals surface area contributed by atoms with Gasteiger partial charge >= 0.3 is 7.60 Å². The van der Waals surface area contributed by atoms with E-state index in [9.17, 15) is 4.57 Å². The molecule has 0 rings (SSSR count). The molecule has 2 atom stereocenters. The lowest BCUT2D eigenvalue weighted by Gasteiger charge is -2.36. The van der Waals surface area contributed by atoms with Crippen LogP contribution in [0.2, 0.25) is 0 Å². The summed E-state index contributed by atoms with van der Waals surface area (Å²) in [6, 6.07) is 0. The van der Waals surface area contributed by atoms with Crippen molar-refractivity contribution in [1.82, 2.24) is 0 Å². The van der Waals surface area contributed by atoms with Gasteiger partial charge < -0.3 is 13.5 Å². The largest absolute Gasteiger partial charge is 0.333 e. The first-order valence-corrected chi connectivity index (χ1v) is 9.28. The lowest BCUT2D eigenvalue weighted by atomic mass is 10.3. The van der Waals surface area contributed by atoms with Crippen molar-refractivity contribution in [3.05, 3.63) is 0 Å². The Kier molecular flexibility index (Phi) is 9.17. The SMILES string of the molecule is CCOP(=O)(OCC[N+](CC)(CC)CC)C(C)CC. The number of quaternary nitrogens is 1. The highest BCUT2D eigenvalue weighted by Gasteiger charge is 2.32. The molecule has 2 unspecified atom stereocenters. The van der Waals surface area contributed by atoms with E-state index in [1.54, 1.807) is 0 Å². The maximum absolute atomic E-state index is 12.6. The van der Waals surface area contributed by atoms with Crippen LogP contribution in [0.3, 0.4) is 0 Å². The van der Waals surface area contributed by atoms with E-state index < -0.39 is 7.60 Å². The first-order chi connectivity index (χ1) is 8.93. The summed E-state index contributed by atoms with van der Waals surface area (Å²) >= 11 is 0. The van der Waals surface area contributed by atoms with Crippen molar-refractivity contribution in [3.8, 4) is 0 Å². The Balaban J connectivity index is 4.53. The molecular formula is C14H33NO3P+. The monoisotopic (exact) mass is 294 g/mol. The predicted octanol–water partition coefficient (Wildman–Crippen LogP) is 3.91. The van der Waals surface area contributed by atoms with E-state index in [4.69, 9.17) is 9.05 Å². The van der Waals surface area contributed by atoms with Crippen LogP contribution in [-0.4, -0.2) is 49.5 Å². The topological polar surface area (TPSA) is 35.5 Å². The molecule has 0 radical (unpaired) electrons. The fourth-order valence-electron chi connectivity index (χ4n) is 2.20. The second-order valence-corrected chi connectivity index (χ2v) is 7.54. The highest BCUT2D eigenvalue weighted by molar-refractivity contribution is 7.54. The maximum atomic E-state index is 12.6. The average molecular weight is 294 g/mol. The van der Waals surface area contributed by atoms with Crippen LogP contribution in [0.4, 0.5) is 0 Å². The third-order valence-corrected chi connectivity index (χ3v) is 6.89. The van der Waals surface area contributed by atoms with Crippen molar-refractivity contribution in [3.63, 3.8) is 0 Å². The van der Waals surface area contributed by atoms with Gasteiger partial charge in [-0.05, 0) is 34.1 Å². The molecule has 0 aromatic carbocycles. The van der Waals surface area contributed by atoms with Gasteiger partial charge in [-0.3, -0.25) is 4.57 Å². The molecule has 0 saturated carbocycles. The normalized spacial score (nSPS) is 17.2. The van der Waals surface area contributed by atoms with E-state index in [1.165, 1.54) is 0 Å². The molecule has 0 amide bonds. The molecule has 4 nitrogen and oxygen atoms in total. The van der Waals surface area contributed by atoms with Crippen LogP contribution >= 0.6 is 7.60 Å². The van der Waals surface area contributed by atoms with Crippen LogP contribution in [0.25, 0.3) is 0 Å². The number of likely N-dealkylation sites (N-methyl/N-ethyl adjacent to an activating group) is 1. The minimum atomic E-state index is -2.94. The van der Waals surface area contributed by atoms with Crippen molar-refractivity contribution in [1.29, 1.82) is 0 Å². The van der Waals surface area contributed by atoms with E-state index in [0.29, 0.717) is 13.2 Å². The first kappa shape index (κ1) is 19.1. The average Bonchev–Trinajstić information content (AvgIpc) is 2.43. The molecule has 5 heteroatoms. The van der Waals surface area contributed by atoms with Gasteiger partial charge in [-0.1, -0.05) is 13.8 Å². The van der Waals surface area contributed by atoms with Gasteiger partial charge in [-0.15, -0.1) is 0 Å². The first-order valence-electron chi connectivity index (χ1n) is 7.67. The lowest BCUT2D eigenvalue weighted by molar-refractivity contribution is -0.923. The summed E-state index contributed by atoms with van der Waals surface area (Å²) < 4.78 is 24.8. The second kappa shape index (κ2) is 9.12. The van der Waals surface area contributed by atoms with Crippen molar-refractivity contribution in [2.24, 2.45) is 0 Å². The molecule has 0 N–H and O–H groups in total. The summed E-state index contributed by atoms with van der Waals surface area (Å²) in [7, 11) is -2.94. The Morgan fingerprint density at radius 3 is 1.89 bits per heavy atom. The zero-order valence-corrected chi connectivity index (χ0v) is 14.5. The summed E-state index contributed by atoms with van der Waals surface area (Å²) in [4.78, 5) is 0. The third-order valence-electron chi connectivity index (χ3n) is 4.29. The van der Waals surface area contributed by atoms with E-state index in [-0.39, 0.29) is 5.66 Å². The van der Waals surface area contributed by atoms with Crippen molar-refractivity contribution < 1.29 is 18.1 Å². The summed E-state index contributed by atoms with van der Waals surface area (Å²) in [5.74, 6) is 0.